The normalized spacial score (nSPS) is 21.3. The molecule has 300 valence electrons. The van der Waals surface area contributed by atoms with Crippen LogP contribution in [0.1, 0.15) is 59.4 Å². The number of anilines is 1. The van der Waals surface area contributed by atoms with Gasteiger partial charge in [-0.25, -0.2) is 8.42 Å². The minimum atomic E-state index is -4.58. The summed E-state index contributed by atoms with van der Waals surface area (Å²) in [6.07, 6.45) is 13.3. The van der Waals surface area contributed by atoms with E-state index in [-0.39, 0.29) is 61.7 Å². The molecule has 3 N–H and O–H groups in total. The average Bonchev–Trinajstić information content (AvgIpc) is 3.28. The Bertz CT molecular complexity index is 2080. The third kappa shape index (κ3) is 11.2. The Kier molecular flexibility index (Phi) is 13.9. The molecule has 4 rings (SSSR count). The van der Waals surface area contributed by atoms with Crippen LogP contribution >= 0.6 is 0 Å². The molecule has 1 aromatic carbocycles. The van der Waals surface area contributed by atoms with Crippen LogP contribution in [0.4, 0.5) is 5.69 Å². The molecule has 2 heterocycles. The third-order valence-electron chi connectivity index (χ3n) is 9.60. The number of fused-ring (bicyclic) bond motifs is 2. The highest BCUT2D eigenvalue weighted by molar-refractivity contribution is 7.86. The van der Waals surface area contributed by atoms with Crippen molar-refractivity contribution in [3.63, 3.8) is 0 Å². The Labute approximate surface area is 319 Å². The molecule has 0 amide bonds. The molecule has 1 aromatic rings. The second-order valence-electron chi connectivity index (χ2n) is 14.6. The minimum Gasteiger partial charge on any atom is -0.748 e. The summed E-state index contributed by atoms with van der Waals surface area (Å²) in [7, 11) is -13.2. The predicted octanol–water partition coefficient (Wildman–Crippen LogP) is 4.46. The summed E-state index contributed by atoms with van der Waals surface area (Å²) in [4.78, 5) is 3.59. The lowest BCUT2D eigenvalue weighted by Gasteiger charge is -2.35. The number of aliphatic hydroxyl groups is 1. The number of allylic oxidation sites excluding steroid dienone is 7. The molecule has 0 bridgehead atoms. The molecule has 2 atom stereocenters. The van der Waals surface area contributed by atoms with Crippen molar-refractivity contribution in [3.8, 4) is 0 Å². The van der Waals surface area contributed by atoms with Gasteiger partial charge in [0.1, 0.15) is 11.9 Å². The van der Waals surface area contributed by atoms with Crippen LogP contribution in [0.5, 0.6) is 0 Å². The SMILES string of the molecule is CCN(CCCS(=O)(=O)O)C1=CC2OC(/C=C/C=C3/N(CCOCCO)c4ccc(S(=O)(=O)O)cc4C3(C)CCCS(=O)(=O)[O-])=CC(C(C)(C)C)=C2C=C1. The van der Waals surface area contributed by atoms with Crippen molar-refractivity contribution in [2.75, 3.05) is 55.9 Å². The van der Waals surface area contributed by atoms with Crippen LogP contribution in [0.25, 0.3) is 0 Å². The first kappa shape index (κ1) is 43.4. The van der Waals surface area contributed by atoms with Gasteiger partial charge in [0, 0.05) is 53.5 Å². The van der Waals surface area contributed by atoms with E-state index in [0.29, 0.717) is 35.8 Å². The average molecular weight is 812 g/mol. The second-order valence-corrected chi connectivity index (χ2v) is 19.1. The quantitative estimate of drug-likeness (QED) is 0.138. The number of nitrogens with zero attached hydrogens (tertiary/aromatic N) is 2. The zero-order chi connectivity index (χ0) is 40.1. The summed E-state index contributed by atoms with van der Waals surface area (Å²) in [6.45, 7) is 11.5. The van der Waals surface area contributed by atoms with E-state index in [2.05, 4.69) is 20.8 Å². The Morgan fingerprint density at radius 3 is 2.39 bits per heavy atom. The molecule has 1 aliphatic carbocycles. The lowest BCUT2D eigenvalue weighted by Crippen LogP contribution is -2.31. The second kappa shape index (κ2) is 17.2. The minimum absolute atomic E-state index is 0.0149. The molecule has 3 aliphatic rings. The van der Waals surface area contributed by atoms with Crippen LogP contribution in [-0.2, 0) is 45.2 Å². The van der Waals surface area contributed by atoms with Gasteiger partial charge in [-0.2, -0.15) is 16.8 Å². The van der Waals surface area contributed by atoms with Gasteiger partial charge in [0.15, 0.2) is 0 Å². The van der Waals surface area contributed by atoms with Gasteiger partial charge in [-0.3, -0.25) is 9.11 Å². The fourth-order valence-electron chi connectivity index (χ4n) is 7.03. The summed E-state index contributed by atoms with van der Waals surface area (Å²) < 4.78 is 113. The maximum absolute atomic E-state index is 12.2. The Morgan fingerprint density at radius 2 is 1.78 bits per heavy atom. The molecule has 2 aliphatic heterocycles. The maximum Gasteiger partial charge on any atom is 0.294 e. The number of hydrogen-bond acceptors (Lipinski definition) is 12. The van der Waals surface area contributed by atoms with Crippen molar-refractivity contribution in [2.24, 2.45) is 5.41 Å². The number of rotatable bonds is 18. The van der Waals surface area contributed by atoms with Crippen LogP contribution in [0.3, 0.4) is 0 Å². The first-order valence-electron chi connectivity index (χ1n) is 17.7. The van der Waals surface area contributed by atoms with E-state index in [0.717, 1.165) is 16.8 Å². The van der Waals surface area contributed by atoms with Crippen molar-refractivity contribution < 1.29 is 53.5 Å². The fraction of sp³-hybridized carbons (Fsp3) is 0.514. The van der Waals surface area contributed by atoms with Crippen LogP contribution in [0, 0.1) is 5.41 Å². The first-order valence-corrected chi connectivity index (χ1v) is 22.3. The summed E-state index contributed by atoms with van der Waals surface area (Å²) in [6, 6.07) is 4.21. The Balaban J connectivity index is 1.74. The van der Waals surface area contributed by atoms with Gasteiger partial charge in [-0.1, -0.05) is 32.9 Å². The topological polar surface area (TPSA) is 211 Å². The highest BCUT2D eigenvalue weighted by Gasteiger charge is 2.43. The van der Waals surface area contributed by atoms with E-state index in [4.69, 9.17) is 9.47 Å². The van der Waals surface area contributed by atoms with E-state index in [1.54, 1.807) is 18.2 Å². The smallest absolute Gasteiger partial charge is 0.294 e. The molecule has 17 heteroatoms. The number of ether oxygens (including phenoxy) is 2. The number of benzene rings is 1. The first-order chi connectivity index (χ1) is 25.1. The molecule has 14 nitrogen and oxygen atoms in total. The van der Waals surface area contributed by atoms with E-state index in [9.17, 15) is 44.0 Å². The van der Waals surface area contributed by atoms with Gasteiger partial charge in [-0.15, -0.1) is 0 Å². The summed E-state index contributed by atoms with van der Waals surface area (Å²) in [5.74, 6) is -0.416. The lowest BCUT2D eigenvalue weighted by atomic mass is 9.77. The van der Waals surface area contributed by atoms with Gasteiger partial charge in [0.05, 0.1) is 40.6 Å². The highest BCUT2D eigenvalue weighted by Crippen LogP contribution is 2.51. The van der Waals surface area contributed by atoms with E-state index in [1.807, 2.05) is 54.0 Å². The van der Waals surface area contributed by atoms with Gasteiger partial charge in [0.25, 0.3) is 20.2 Å². The van der Waals surface area contributed by atoms with Crippen molar-refractivity contribution in [2.45, 2.75) is 70.3 Å². The molecule has 2 unspecified atom stereocenters. The maximum atomic E-state index is 12.2. The van der Waals surface area contributed by atoms with Gasteiger partial charge in [-0.05, 0) is 98.2 Å². The van der Waals surface area contributed by atoms with Crippen LogP contribution in [0.2, 0.25) is 0 Å². The zero-order valence-corrected chi connectivity index (χ0v) is 33.7. The summed E-state index contributed by atoms with van der Waals surface area (Å²) in [5.41, 5.74) is 3.39. The zero-order valence-electron chi connectivity index (χ0n) is 31.3. The summed E-state index contributed by atoms with van der Waals surface area (Å²) >= 11 is 0. The Hall–Kier alpha value is -3.29. The molecular weight excluding hydrogens is 761 g/mol. The van der Waals surface area contributed by atoms with Crippen molar-refractivity contribution >= 4 is 36.0 Å². The van der Waals surface area contributed by atoms with Crippen LogP contribution in [-0.4, -0.2) is 106 Å². The van der Waals surface area contributed by atoms with Crippen molar-refractivity contribution in [1.82, 2.24) is 4.90 Å². The molecule has 0 spiro atoms. The molecule has 0 radical (unpaired) electrons. The summed E-state index contributed by atoms with van der Waals surface area (Å²) in [5, 5.41) is 9.24. The van der Waals surface area contributed by atoms with E-state index < -0.39 is 47.6 Å². The lowest BCUT2D eigenvalue weighted by molar-refractivity contribution is 0.0971. The standard InChI is InChI=1S/C37H52N2O12S3/c1-6-38(17-9-23-53(44,45)46)27-12-14-30-31(36(2,3)4)25-28(51-34(30)24-27)10-7-11-35-37(5,16-8-22-52(41,42)43)32-26-29(54(47,48)49)13-15-33(32)39(35)18-20-50-21-19-40/h7,10-15,24-26,34,40H,6,8-9,16-23H2,1-5H3,(H,41,42,43)(H,44,45,46)(H,47,48,49)/p-1/b10-7+,35-11+. The van der Waals surface area contributed by atoms with Crippen LogP contribution < -0.4 is 4.90 Å². The van der Waals surface area contributed by atoms with E-state index in [1.165, 1.54) is 12.1 Å². The molecule has 0 saturated heterocycles. The Morgan fingerprint density at radius 1 is 1.06 bits per heavy atom. The molecule has 0 aromatic heterocycles. The molecule has 0 saturated carbocycles. The van der Waals surface area contributed by atoms with Gasteiger partial charge in [0.2, 0.25) is 0 Å². The number of hydrogen-bond donors (Lipinski definition) is 3. The molecular formula is C37H51N2O12S3-. The number of aliphatic hydroxyl groups excluding tert-OH is 1. The highest BCUT2D eigenvalue weighted by atomic mass is 32.2. The monoisotopic (exact) mass is 811 g/mol. The predicted molar refractivity (Wildman–Crippen MR) is 205 cm³/mol. The van der Waals surface area contributed by atoms with Crippen LogP contribution in [0.15, 0.2) is 93.9 Å². The van der Waals surface area contributed by atoms with E-state index >= 15 is 0 Å². The number of likely N-dealkylation sites (N-methyl/N-ethyl adjacent to an activating group) is 1. The fourth-order valence-corrected chi connectivity index (χ4v) is 8.53. The van der Waals surface area contributed by atoms with Gasteiger partial charge >= 0.3 is 0 Å². The van der Waals surface area contributed by atoms with Crippen molar-refractivity contribution in [1.29, 1.82) is 0 Å². The molecule has 0 fully saturated rings. The largest absolute Gasteiger partial charge is 0.748 e. The van der Waals surface area contributed by atoms with Gasteiger partial charge < -0.3 is 28.9 Å². The third-order valence-corrected chi connectivity index (χ3v) is 12.0. The molecule has 54 heavy (non-hydrogen) atoms. The van der Waals surface area contributed by atoms with Crippen molar-refractivity contribution in [3.05, 3.63) is 94.6 Å².